The topological polar surface area (TPSA) is 55.8 Å². The van der Waals surface area contributed by atoms with Crippen molar-refractivity contribution in [3.63, 3.8) is 0 Å². The molecule has 0 radical (unpaired) electrons. The number of carbonyl (C=O) groups is 2. The van der Waals surface area contributed by atoms with Crippen molar-refractivity contribution in [1.82, 2.24) is 4.90 Å². The quantitative estimate of drug-likeness (QED) is 0.289. The highest BCUT2D eigenvalue weighted by atomic mass is 32.1. The van der Waals surface area contributed by atoms with E-state index in [4.69, 9.17) is 9.47 Å². The number of ketones is 1. The highest BCUT2D eigenvalue weighted by Crippen LogP contribution is 2.42. The summed E-state index contributed by atoms with van der Waals surface area (Å²) in [5.41, 5.74) is 0.301. The number of thiol groups is 1. The van der Waals surface area contributed by atoms with Gasteiger partial charge >= 0.3 is 12.1 Å². The molecular weight excluding hydrogens is 438 g/mol. The molecule has 1 saturated carbocycles. The molecule has 1 heterocycles. The summed E-state index contributed by atoms with van der Waals surface area (Å²) in [5.74, 6) is -3.65. The van der Waals surface area contributed by atoms with Gasteiger partial charge in [0, 0.05) is 30.4 Å². The molecule has 0 N–H and O–H groups in total. The van der Waals surface area contributed by atoms with E-state index in [1.165, 1.54) is 36.3 Å². The van der Waals surface area contributed by atoms with Crippen LogP contribution in [-0.2, 0) is 19.1 Å². The first-order valence-electron chi connectivity index (χ1n) is 9.83. The van der Waals surface area contributed by atoms with Crippen molar-refractivity contribution >= 4 is 24.4 Å². The molecule has 1 aliphatic heterocycles. The third-order valence-corrected chi connectivity index (χ3v) is 5.90. The van der Waals surface area contributed by atoms with Crippen LogP contribution in [0, 0.1) is 11.7 Å². The highest BCUT2D eigenvalue weighted by molar-refractivity contribution is 7.81. The number of piperidine rings is 1. The van der Waals surface area contributed by atoms with Crippen LogP contribution in [0.25, 0.3) is 0 Å². The zero-order valence-corrected chi connectivity index (χ0v) is 17.7. The number of likely N-dealkylation sites (tertiary alicyclic amines) is 1. The second-order valence-electron chi connectivity index (χ2n) is 7.56. The predicted molar refractivity (Wildman–Crippen MR) is 107 cm³/mol. The zero-order valence-electron chi connectivity index (χ0n) is 16.8. The van der Waals surface area contributed by atoms with Gasteiger partial charge in [0.05, 0.1) is 6.61 Å². The molecule has 3 rings (SSSR count). The average molecular weight is 461 g/mol. The van der Waals surface area contributed by atoms with Crippen molar-refractivity contribution < 1.29 is 36.6 Å². The summed E-state index contributed by atoms with van der Waals surface area (Å²) in [7, 11) is 1.40. The standard InChI is InChI=1S/C21H23F4NO4S/c1-29-11-9-14-16(31)8-10-26(19(14)30-20(28)21(23,24)25)17(18(27)12-6-7-12)13-4-2-3-5-15(13)22/h2-5,9,12,16-17,19,31H,6-8,10-11H2,1H3/b14-9-. The van der Waals surface area contributed by atoms with Crippen molar-refractivity contribution in [2.24, 2.45) is 5.92 Å². The molecule has 1 aromatic rings. The van der Waals surface area contributed by atoms with Gasteiger partial charge in [-0.15, -0.1) is 0 Å². The van der Waals surface area contributed by atoms with E-state index in [1.54, 1.807) is 6.07 Å². The molecule has 0 bridgehead atoms. The average Bonchev–Trinajstić information content (AvgIpc) is 3.55. The van der Waals surface area contributed by atoms with E-state index >= 15 is 0 Å². The van der Waals surface area contributed by atoms with E-state index in [0.717, 1.165) is 0 Å². The van der Waals surface area contributed by atoms with Crippen LogP contribution in [-0.4, -0.2) is 54.6 Å². The number of Topliss-reactive ketones (excluding diaryl/α,β-unsaturated/α-hetero) is 1. The van der Waals surface area contributed by atoms with E-state index < -0.39 is 35.5 Å². The molecule has 0 aromatic heterocycles. The van der Waals surface area contributed by atoms with Gasteiger partial charge in [0.1, 0.15) is 11.9 Å². The fourth-order valence-corrected chi connectivity index (χ4v) is 4.03. The summed E-state index contributed by atoms with van der Waals surface area (Å²) in [6.07, 6.45) is -3.65. The molecule has 10 heteroatoms. The molecular formula is C21H23F4NO4S. The fraction of sp³-hybridized carbons (Fsp3) is 0.524. The minimum absolute atomic E-state index is 0.0381. The number of hydrogen-bond acceptors (Lipinski definition) is 6. The SMILES string of the molecule is COC/C=C1/C(S)CCN(C(C(=O)C2CC2)c2ccccc2F)C1OC(=O)C(F)(F)F. The molecule has 3 unspecified atom stereocenters. The normalized spacial score (nSPS) is 24.8. The van der Waals surface area contributed by atoms with Crippen molar-refractivity contribution in [2.75, 3.05) is 20.3 Å². The second-order valence-corrected chi connectivity index (χ2v) is 8.18. The molecule has 1 aliphatic carbocycles. The first-order valence-corrected chi connectivity index (χ1v) is 10.4. The number of hydrogen-bond donors (Lipinski definition) is 1. The third kappa shape index (κ3) is 5.48. The Kier molecular flexibility index (Phi) is 7.43. The summed E-state index contributed by atoms with van der Waals surface area (Å²) in [6, 6.07) is 4.44. The Morgan fingerprint density at radius 1 is 1.26 bits per heavy atom. The highest BCUT2D eigenvalue weighted by Gasteiger charge is 2.49. The Hall–Kier alpha value is -1.91. The molecule has 1 aromatic carbocycles. The summed E-state index contributed by atoms with van der Waals surface area (Å²) < 4.78 is 63.6. The Morgan fingerprint density at radius 2 is 1.94 bits per heavy atom. The Bertz CT molecular complexity index is 856. The van der Waals surface area contributed by atoms with Crippen LogP contribution in [0.4, 0.5) is 17.6 Å². The van der Waals surface area contributed by atoms with E-state index in [-0.39, 0.29) is 36.0 Å². The number of ether oxygens (including phenoxy) is 2. The lowest BCUT2D eigenvalue weighted by atomic mass is 9.92. The Labute approximate surface area is 182 Å². The van der Waals surface area contributed by atoms with Gasteiger partial charge in [-0.05, 0) is 30.9 Å². The van der Waals surface area contributed by atoms with Crippen LogP contribution in [0.1, 0.15) is 30.9 Å². The first kappa shape index (κ1) is 23.7. The van der Waals surface area contributed by atoms with Crippen LogP contribution in [0.2, 0.25) is 0 Å². The number of halogens is 4. The molecule has 5 nitrogen and oxygen atoms in total. The molecule has 2 aliphatic rings. The smallest absolute Gasteiger partial charge is 0.436 e. The van der Waals surface area contributed by atoms with Gasteiger partial charge in [-0.25, -0.2) is 9.18 Å². The van der Waals surface area contributed by atoms with Gasteiger partial charge in [0.2, 0.25) is 0 Å². The minimum atomic E-state index is -5.23. The number of rotatable bonds is 7. The van der Waals surface area contributed by atoms with E-state index in [2.05, 4.69) is 12.6 Å². The molecule has 0 spiro atoms. The van der Waals surface area contributed by atoms with Gasteiger partial charge in [-0.2, -0.15) is 25.8 Å². The number of methoxy groups -OCH3 is 1. The monoisotopic (exact) mass is 461 g/mol. The van der Waals surface area contributed by atoms with Crippen molar-refractivity contribution in [3.05, 3.63) is 47.3 Å². The zero-order chi connectivity index (χ0) is 22.8. The van der Waals surface area contributed by atoms with Gasteiger partial charge in [0.25, 0.3) is 0 Å². The largest absolute Gasteiger partial charge is 0.490 e. The molecule has 1 saturated heterocycles. The Balaban J connectivity index is 2.06. The fourth-order valence-electron chi connectivity index (χ4n) is 3.68. The van der Waals surface area contributed by atoms with Gasteiger partial charge in [-0.3, -0.25) is 9.69 Å². The summed E-state index contributed by atoms with van der Waals surface area (Å²) >= 11 is 4.42. The van der Waals surface area contributed by atoms with Gasteiger partial charge in [-0.1, -0.05) is 24.3 Å². The van der Waals surface area contributed by atoms with Crippen molar-refractivity contribution in [3.8, 4) is 0 Å². The molecule has 2 fully saturated rings. The lowest BCUT2D eigenvalue weighted by Gasteiger charge is -2.43. The number of esters is 1. The molecule has 3 atom stereocenters. The van der Waals surface area contributed by atoms with Crippen LogP contribution >= 0.6 is 12.6 Å². The lowest BCUT2D eigenvalue weighted by molar-refractivity contribution is -0.212. The minimum Gasteiger partial charge on any atom is -0.436 e. The van der Waals surface area contributed by atoms with E-state index in [0.29, 0.717) is 19.3 Å². The Morgan fingerprint density at radius 3 is 2.52 bits per heavy atom. The van der Waals surface area contributed by atoms with Crippen molar-refractivity contribution in [1.29, 1.82) is 0 Å². The van der Waals surface area contributed by atoms with Gasteiger partial charge in [0.15, 0.2) is 12.0 Å². The van der Waals surface area contributed by atoms with Crippen LogP contribution in [0.5, 0.6) is 0 Å². The van der Waals surface area contributed by atoms with E-state index in [1.807, 2.05) is 0 Å². The maximum atomic E-state index is 14.7. The van der Waals surface area contributed by atoms with Crippen LogP contribution < -0.4 is 0 Å². The van der Waals surface area contributed by atoms with Crippen molar-refractivity contribution in [2.45, 2.75) is 43.0 Å². The number of benzene rings is 1. The second kappa shape index (κ2) is 9.70. The first-order chi connectivity index (χ1) is 14.6. The maximum Gasteiger partial charge on any atom is 0.490 e. The maximum absolute atomic E-state index is 14.7. The molecule has 170 valence electrons. The third-order valence-electron chi connectivity index (χ3n) is 5.35. The van der Waals surface area contributed by atoms with Crippen LogP contribution in [0.15, 0.2) is 35.9 Å². The predicted octanol–water partition coefficient (Wildman–Crippen LogP) is 3.85. The molecule has 0 amide bonds. The van der Waals surface area contributed by atoms with Gasteiger partial charge < -0.3 is 9.47 Å². The lowest BCUT2D eigenvalue weighted by Crippen LogP contribution is -2.52. The molecule has 31 heavy (non-hydrogen) atoms. The van der Waals surface area contributed by atoms with E-state index in [9.17, 15) is 27.2 Å². The summed E-state index contributed by atoms with van der Waals surface area (Å²) in [5, 5.41) is -0.519. The number of nitrogens with zero attached hydrogens (tertiary/aromatic N) is 1. The summed E-state index contributed by atoms with van der Waals surface area (Å²) in [4.78, 5) is 26.2. The number of alkyl halides is 3. The summed E-state index contributed by atoms with van der Waals surface area (Å²) in [6.45, 7) is 0.132. The van der Waals surface area contributed by atoms with Crippen LogP contribution in [0.3, 0.4) is 0 Å². The number of carbonyl (C=O) groups excluding carboxylic acids is 2.